The normalized spacial score (nSPS) is 19.6. The first-order valence-electron chi connectivity index (χ1n) is 6.24. The molecule has 1 unspecified atom stereocenters. The van der Waals surface area contributed by atoms with E-state index in [1.165, 1.54) is 26.4 Å². The van der Waals surface area contributed by atoms with Gasteiger partial charge in [-0.15, -0.1) is 0 Å². The van der Waals surface area contributed by atoms with Crippen LogP contribution in [0.15, 0.2) is 28.9 Å². The Hall–Kier alpha value is -2.63. The topological polar surface area (TPSA) is 85.2 Å². The van der Waals surface area contributed by atoms with E-state index in [1.54, 1.807) is 19.1 Å². The van der Waals surface area contributed by atoms with Crippen LogP contribution < -0.4 is 4.74 Å². The quantitative estimate of drug-likeness (QED) is 0.518. The predicted molar refractivity (Wildman–Crippen MR) is 76.3 cm³/mol. The summed E-state index contributed by atoms with van der Waals surface area (Å²) in [5.74, 6) is -1.69. The molecule has 6 nitrogen and oxygen atoms in total. The number of carbonyl (C=O) groups is 2. The molecule has 6 heteroatoms. The summed E-state index contributed by atoms with van der Waals surface area (Å²) in [6.45, 7) is 1.61. The van der Waals surface area contributed by atoms with Crippen molar-refractivity contribution in [3.05, 3.63) is 29.5 Å². The van der Waals surface area contributed by atoms with Crippen molar-refractivity contribution < 1.29 is 24.2 Å². The smallest absolute Gasteiger partial charge is 0.322 e. The number of hydrogen-bond donors (Lipinski definition) is 1. The fourth-order valence-corrected chi connectivity index (χ4v) is 2.09. The van der Waals surface area contributed by atoms with Crippen LogP contribution in [0.4, 0.5) is 0 Å². The van der Waals surface area contributed by atoms with Crippen LogP contribution in [0.2, 0.25) is 0 Å². The van der Waals surface area contributed by atoms with Crippen molar-refractivity contribution in [1.82, 2.24) is 0 Å². The second kappa shape index (κ2) is 5.78. The molecule has 1 atom stereocenters. The fraction of sp³-hybridized carbons (Fsp3) is 0.267. The molecule has 21 heavy (non-hydrogen) atoms. The summed E-state index contributed by atoms with van der Waals surface area (Å²) in [6, 6.07) is 4.65. The lowest BCUT2D eigenvalue weighted by Gasteiger charge is -2.05. The van der Waals surface area contributed by atoms with Gasteiger partial charge in [-0.2, -0.15) is 0 Å². The van der Waals surface area contributed by atoms with Gasteiger partial charge in [0.1, 0.15) is 5.70 Å². The summed E-state index contributed by atoms with van der Waals surface area (Å²) in [4.78, 5) is 27.9. The van der Waals surface area contributed by atoms with Crippen molar-refractivity contribution in [2.75, 3.05) is 14.2 Å². The molecule has 1 aliphatic rings. The summed E-state index contributed by atoms with van der Waals surface area (Å²) in [6.07, 6.45) is 1.54. The molecule has 0 aliphatic carbocycles. The molecule has 0 amide bonds. The van der Waals surface area contributed by atoms with Gasteiger partial charge in [-0.05, 0) is 30.7 Å². The van der Waals surface area contributed by atoms with Gasteiger partial charge >= 0.3 is 5.97 Å². The Bertz CT molecular complexity index is 660. The van der Waals surface area contributed by atoms with Crippen LogP contribution >= 0.6 is 0 Å². The van der Waals surface area contributed by atoms with Gasteiger partial charge in [0.05, 0.1) is 14.2 Å². The van der Waals surface area contributed by atoms with E-state index in [4.69, 9.17) is 4.74 Å². The Morgan fingerprint density at radius 3 is 2.71 bits per heavy atom. The van der Waals surface area contributed by atoms with E-state index in [0.717, 1.165) is 0 Å². The van der Waals surface area contributed by atoms with E-state index in [1.807, 2.05) is 0 Å². The van der Waals surface area contributed by atoms with Crippen molar-refractivity contribution in [3.63, 3.8) is 0 Å². The van der Waals surface area contributed by atoms with Gasteiger partial charge in [0.2, 0.25) is 5.78 Å². The number of benzene rings is 1. The summed E-state index contributed by atoms with van der Waals surface area (Å²) >= 11 is 0. The largest absolute Gasteiger partial charge is 0.504 e. The lowest BCUT2D eigenvalue weighted by molar-refractivity contribution is -0.145. The monoisotopic (exact) mass is 289 g/mol. The van der Waals surface area contributed by atoms with E-state index in [-0.39, 0.29) is 11.4 Å². The minimum atomic E-state index is -0.972. The molecule has 0 fully saturated rings. The Labute approximate surface area is 121 Å². The molecule has 1 aromatic carbocycles. The van der Waals surface area contributed by atoms with Gasteiger partial charge in [0.15, 0.2) is 17.4 Å². The van der Waals surface area contributed by atoms with Crippen molar-refractivity contribution in [2.45, 2.75) is 6.92 Å². The average molecular weight is 289 g/mol. The van der Waals surface area contributed by atoms with Gasteiger partial charge in [-0.3, -0.25) is 14.6 Å². The number of phenolic OH excluding ortho intramolecular Hbond substituents is 1. The molecule has 1 aromatic rings. The number of ether oxygens (including phenoxy) is 2. The maximum absolute atomic E-state index is 12.2. The highest BCUT2D eigenvalue weighted by Gasteiger charge is 2.37. The third kappa shape index (κ3) is 2.79. The first-order valence-corrected chi connectivity index (χ1v) is 6.24. The summed E-state index contributed by atoms with van der Waals surface area (Å²) in [5.41, 5.74) is 1.22. The molecular weight excluding hydrogens is 274 g/mol. The van der Waals surface area contributed by atoms with Gasteiger partial charge in [0, 0.05) is 5.71 Å². The highest BCUT2D eigenvalue weighted by molar-refractivity contribution is 6.28. The second-order valence-corrected chi connectivity index (χ2v) is 4.53. The molecular formula is C15H15NO5. The second-order valence-electron chi connectivity index (χ2n) is 4.53. The number of aromatic hydroxyl groups is 1. The molecule has 0 radical (unpaired) electrons. The van der Waals surface area contributed by atoms with Gasteiger partial charge < -0.3 is 14.6 Å². The number of hydrogen-bond acceptors (Lipinski definition) is 6. The van der Waals surface area contributed by atoms with Gasteiger partial charge in [-0.1, -0.05) is 6.07 Å². The molecule has 1 heterocycles. The Balaban J connectivity index is 2.35. The van der Waals surface area contributed by atoms with E-state index >= 15 is 0 Å². The number of ketones is 1. The number of rotatable bonds is 3. The van der Waals surface area contributed by atoms with Crippen molar-refractivity contribution in [1.29, 1.82) is 0 Å². The van der Waals surface area contributed by atoms with Crippen molar-refractivity contribution in [2.24, 2.45) is 10.9 Å². The number of aliphatic imine (C=N–C) groups is 1. The number of methoxy groups -OCH3 is 2. The van der Waals surface area contributed by atoms with Gasteiger partial charge in [0.25, 0.3) is 0 Å². The average Bonchev–Trinajstić information content (AvgIpc) is 2.74. The van der Waals surface area contributed by atoms with Crippen LogP contribution in [-0.2, 0) is 14.3 Å². The van der Waals surface area contributed by atoms with Crippen LogP contribution in [0.1, 0.15) is 12.5 Å². The number of phenols is 1. The molecule has 0 saturated heterocycles. The number of Topliss-reactive ketones (excluding diaryl/α,β-unsaturated/α-hetero) is 1. The van der Waals surface area contributed by atoms with Gasteiger partial charge in [-0.25, -0.2) is 0 Å². The van der Waals surface area contributed by atoms with E-state index in [2.05, 4.69) is 9.73 Å². The van der Waals surface area contributed by atoms with E-state index in [0.29, 0.717) is 17.0 Å². The number of esters is 1. The van der Waals surface area contributed by atoms with Crippen molar-refractivity contribution in [3.8, 4) is 11.5 Å². The number of nitrogens with zero attached hydrogens (tertiary/aromatic N) is 1. The standard InChI is InChI=1S/C15H15NO5/c1-8-13(15(19)21-3)14(18)10(16-8)6-9-4-5-11(17)12(7-9)20-2/h4-7,13,17H,1-3H3/b10-6-. The van der Waals surface area contributed by atoms with E-state index < -0.39 is 17.7 Å². The molecule has 110 valence electrons. The Kier molecular flexibility index (Phi) is 4.07. The molecule has 0 spiro atoms. The Morgan fingerprint density at radius 1 is 1.38 bits per heavy atom. The molecule has 0 saturated carbocycles. The lowest BCUT2D eigenvalue weighted by Crippen LogP contribution is -2.27. The first-order chi connectivity index (χ1) is 9.97. The Morgan fingerprint density at radius 2 is 2.10 bits per heavy atom. The number of allylic oxidation sites excluding steroid dienone is 1. The highest BCUT2D eigenvalue weighted by Crippen LogP contribution is 2.29. The number of carbonyl (C=O) groups excluding carboxylic acids is 2. The minimum absolute atomic E-state index is 0.00418. The van der Waals surface area contributed by atoms with Crippen LogP contribution in [0.3, 0.4) is 0 Å². The zero-order valence-electron chi connectivity index (χ0n) is 11.9. The minimum Gasteiger partial charge on any atom is -0.504 e. The van der Waals surface area contributed by atoms with Crippen molar-refractivity contribution >= 4 is 23.5 Å². The third-order valence-corrected chi connectivity index (χ3v) is 3.17. The summed E-state index contributed by atoms with van der Waals surface area (Å²) < 4.78 is 9.61. The SMILES string of the molecule is COC(=O)C1C(=O)/C(=C/c2ccc(O)c(OC)c2)N=C1C. The molecule has 0 bridgehead atoms. The maximum Gasteiger partial charge on any atom is 0.322 e. The molecule has 2 rings (SSSR count). The first kappa shape index (κ1) is 14.8. The van der Waals surface area contributed by atoms with Crippen LogP contribution in [-0.4, -0.2) is 36.8 Å². The highest BCUT2D eigenvalue weighted by atomic mass is 16.5. The summed E-state index contributed by atoms with van der Waals surface area (Å²) in [5, 5.41) is 9.54. The molecule has 1 aliphatic heterocycles. The lowest BCUT2D eigenvalue weighted by atomic mass is 10.0. The van der Waals surface area contributed by atoms with Crippen LogP contribution in [0, 0.1) is 5.92 Å². The van der Waals surface area contributed by atoms with E-state index in [9.17, 15) is 14.7 Å². The molecule has 1 N–H and O–H groups in total. The fourth-order valence-electron chi connectivity index (χ4n) is 2.09. The maximum atomic E-state index is 12.2. The zero-order valence-corrected chi connectivity index (χ0v) is 11.9. The summed E-state index contributed by atoms with van der Waals surface area (Å²) in [7, 11) is 2.66. The zero-order chi connectivity index (χ0) is 15.6. The van der Waals surface area contributed by atoms with Crippen LogP contribution in [0.25, 0.3) is 6.08 Å². The predicted octanol–water partition coefficient (Wildman–Crippen LogP) is 1.57. The molecule has 0 aromatic heterocycles. The third-order valence-electron chi connectivity index (χ3n) is 3.17. The van der Waals surface area contributed by atoms with Crippen LogP contribution in [0.5, 0.6) is 11.5 Å².